The van der Waals surface area contributed by atoms with Crippen molar-refractivity contribution < 1.29 is 9.90 Å². The van der Waals surface area contributed by atoms with Crippen LogP contribution in [0.15, 0.2) is 65.7 Å². The van der Waals surface area contributed by atoms with Crippen molar-refractivity contribution in [2.75, 3.05) is 0 Å². The second-order valence-corrected chi connectivity index (χ2v) is 7.72. The third-order valence-corrected chi connectivity index (χ3v) is 4.92. The van der Waals surface area contributed by atoms with Gasteiger partial charge in [-0.15, -0.1) is 0 Å². The molecule has 0 aliphatic carbocycles. The van der Waals surface area contributed by atoms with Gasteiger partial charge in [0, 0.05) is 17.3 Å². The summed E-state index contributed by atoms with van der Waals surface area (Å²) in [5.74, 6) is 4.46. The van der Waals surface area contributed by atoms with Crippen molar-refractivity contribution in [1.29, 1.82) is 0 Å². The molecule has 0 radical (unpaired) electrons. The number of carbonyl (C=O) groups is 1. The summed E-state index contributed by atoms with van der Waals surface area (Å²) in [6.07, 6.45) is 4.93. The number of rotatable bonds is 3. The van der Waals surface area contributed by atoms with Crippen LogP contribution in [0.4, 0.5) is 0 Å². The molecule has 4 nitrogen and oxygen atoms in total. The molecular formula is C23H21ClN2O2. The van der Waals surface area contributed by atoms with Crippen LogP contribution in [0.5, 0.6) is 0 Å². The highest BCUT2D eigenvalue weighted by Crippen LogP contribution is 2.44. The second-order valence-electron chi connectivity index (χ2n) is 7.15. The molecule has 28 heavy (non-hydrogen) atoms. The highest BCUT2D eigenvalue weighted by Gasteiger charge is 2.42. The Hall–Kier alpha value is -2.87. The van der Waals surface area contributed by atoms with Gasteiger partial charge in [-0.1, -0.05) is 65.9 Å². The third-order valence-electron chi connectivity index (χ3n) is 4.38. The van der Waals surface area contributed by atoms with Crippen molar-refractivity contribution in [3.05, 3.63) is 71.8 Å². The monoisotopic (exact) mass is 392 g/mol. The van der Waals surface area contributed by atoms with Crippen molar-refractivity contribution in [3.63, 3.8) is 0 Å². The smallest absolute Gasteiger partial charge is 0.228 e. The van der Waals surface area contributed by atoms with E-state index in [-0.39, 0.29) is 0 Å². The number of alkyl halides is 1. The fraction of sp³-hybridized carbons (Fsp3) is 0.217. The molecule has 0 spiro atoms. The summed E-state index contributed by atoms with van der Waals surface area (Å²) < 4.78 is 0. The van der Waals surface area contributed by atoms with E-state index in [1.807, 2.05) is 48.5 Å². The predicted octanol–water partition coefficient (Wildman–Crippen LogP) is 3.61. The van der Waals surface area contributed by atoms with E-state index in [4.69, 9.17) is 17.3 Å². The summed E-state index contributed by atoms with van der Waals surface area (Å²) in [7, 11) is 0. The Morgan fingerprint density at radius 1 is 1.21 bits per heavy atom. The first-order valence-corrected chi connectivity index (χ1v) is 9.24. The number of benzene rings is 2. The quantitative estimate of drug-likeness (QED) is 0.475. The van der Waals surface area contributed by atoms with Crippen LogP contribution in [0.1, 0.15) is 25.0 Å². The normalized spacial score (nSPS) is 21.1. The van der Waals surface area contributed by atoms with Crippen LogP contribution in [0.3, 0.4) is 0 Å². The number of hydrogen-bond acceptors (Lipinski definition) is 3. The first-order chi connectivity index (χ1) is 13.2. The molecule has 142 valence electrons. The number of aliphatic hydroxyl groups is 1. The molecule has 1 aliphatic rings. The highest BCUT2D eigenvalue weighted by molar-refractivity contribution is 6.27. The number of hydrogen-bond donors (Lipinski definition) is 2. The van der Waals surface area contributed by atoms with E-state index < -0.39 is 22.4 Å². The second kappa shape index (κ2) is 7.63. The Kier molecular flexibility index (Phi) is 5.42. The Bertz CT molecular complexity index is 1010. The number of carbonyl (C=O) groups excluding carboxylic acids is 1. The van der Waals surface area contributed by atoms with Crippen LogP contribution >= 0.6 is 11.6 Å². The number of dihydropyridines is 1. The lowest BCUT2D eigenvalue weighted by Gasteiger charge is -2.32. The Morgan fingerprint density at radius 2 is 1.89 bits per heavy atom. The predicted molar refractivity (Wildman–Crippen MR) is 113 cm³/mol. The number of halogens is 1. The molecule has 5 heteroatoms. The molecule has 2 unspecified atom stereocenters. The molecule has 2 aromatic carbocycles. The summed E-state index contributed by atoms with van der Waals surface area (Å²) in [4.78, 5) is 15.1. The molecule has 3 N–H and O–H groups in total. The minimum Gasteiger partial charge on any atom is -0.378 e. The van der Waals surface area contributed by atoms with Gasteiger partial charge in [0.15, 0.2) is 5.00 Å². The fourth-order valence-corrected chi connectivity index (χ4v) is 3.44. The molecule has 1 aliphatic heterocycles. The van der Waals surface area contributed by atoms with E-state index in [0.29, 0.717) is 5.56 Å². The molecule has 2 atom stereocenters. The van der Waals surface area contributed by atoms with Crippen molar-refractivity contribution in [2.24, 2.45) is 16.6 Å². The van der Waals surface area contributed by atoms with Crippen LogP contribution in [0.25, 0.3) is 11.1 Å². The lowest BCUT2D eigenvalue weighted by molar-refractivity contribution is -0.121. The summed E-state index contributed by atoms with van der Waals surface area (Å²) in [5.41, 5.74) is 7.79. The fourth-order valence-electron chi connectivity index (χ4n) is 3.04. The average molecular weight is 393 g/mol. The summed E-state index contributed by atoms with van der Waals surface area (Å²) in [6.45, 7) is 3.28. The molecule has 0 saturated carbocycles. The molecule has 2 aromatic rings. The number of nitrogens with zero attached hydrogens (tertiary/aromatic N) is 1. The molecule has 0 fully saturated rings. The van der Waals surface area contributed by atoms with E-state index in [1.54, 1.807) is 32.2 Å². The lowest BCUT2D eigenvalue weighted by Crippen LogP contribution is -2.38. The maximum Gasteiger partial charge on any atom is 0.228 e. The Labute approximate surface area is 169 Å². The molecule has 1 amide bonds. The summed E-state index contributed by atoms with van der Waals surface area (Å²) >= 11 is 6.85. The van der Waals surface area contributed by atoms with Gasteiger partial charge in [-0.25, -0.2) is 0 Å². The van der Waals surface area contributed by atoms with Crippen molar-refractivity contribution in [3.8, 4) is 23.0 Å². The van der Waals surface area contributed by atoms with Crippen LogP contribution in [0.2, 0.25) is 0 Å². The number of amides is 1. The largest absolute Gasteiger partial charge is 0.378 e. The van der Waals surface area contributed by atoms with Gasteiger partial charge >= 0.3 is 0 Å². The number of nitrogens with two attached hydrogens (primary N) is 1. The molecule has 1 heterocycles. The first-order valence-electron chi connectivity index (χ1n) is 8.86. The van der Waals surface area contributed by atoms with E-state index in [9.17, 15) is 9.90 Å². The maximum absolute atomic E-state index is 12.0. The van der Waals surface area contributed by atoms with Gasteiger partial charge in [0.05, 0.1) is 5.92 Å². The Morgan fingerprint density at radius 3 is 2.54 bits per heavy atom. The number of primary amides is 1. The van der Waals surface area contributed by atoms with E-state index in [2.05, 4.69) is 16.8 Å². The van der Waals surface area contributed by atoms with Crippen molar-refractivity contribution in [2.45, 2.75) is 24.4 Å². The zero-order chi connectivity index (χ0) is 20.4. The molecule has 0 bridgehead atoms. The molecular weight excluding hydrogens is 372 g/mol. The van der Waals surface area contributed by atoms with Crippen LogP contribution < -0.4 is 5.73 Å². The number of allylic oxidation sites excluding steroid dienone is 1. The van der Waals surface area contributed by atoms with Crippen LogP contribution in [-0.4, -0.2) is 22.8 Å². The minimum absolute atomic E-state index is 0.532. The molecule has 3 rings (SSSR count). The summed E-state index contributed by atoms with van der Waals surface area (Å²) in [6, 6.07) is 15.2. The van der Waals surface area contributed by atoms with E-state index in [1.165, 1.54) is 0 Å². The summed E-state index contributed by atoms with van der Waals surface area (Å²) in [5, 5.41) is 9.75. The average Bonchev–Trinajstić information content (AvgIpc) is 2.66. The van der Waals surface area contributed by atoms with Gasteiger partial charge < -0.3 is 10.8 Å². The SMILES string of the molecule is CC(C)(O)C#Cc1ccc(-c2ccccc2C2(Cl)N=CC=CC2C(N)=O)cc1. The van der Waals surface area contributed by atoms with Gasteiger partial charge in [-0.05, 0) is 43.2 Å². The van der Waals surface area contributed by atoms with Crippen LogP contribution in [0, 0.1) is 17.8 Å². The zero-order valence-electron chi connectivity index (χ0n) is 15.7. The minimum atomic E-state index is -1.30. The molecule has 0 aromatic heterocycles. The number of aliphatic imine (C=N–C) groups is 1. The van der Waals surface area contributed by atoms with Gasteiger partial charge in [0.25, 0.3) is 0 Å². The van der Waals surface area contributed by atoms with Gasteiger partial charge in [-0.2, -0.15) is 0 Å². The standard InChI is InChI=1S/C23H21ClN2O2/c1-22(2,28)14-13-16-9-11-17(12-10-16)18-6-3-4-7-19(18)23(24)20(21(25)27)8-5-15-26-23/h3-12,15,20,28H,1-2H3,(H2,25,27). The zero-order valence-corrected chi connectivity index (χ0v) is 16.4. The van der Waals surface area contributed by atoms with E-state index >= 15 is 0 Å². The lowest BCUT2D eigenvalue weighted by atomic mass is 9.85. The van der Waals surface area contributed by atoms with E-state index in [0.717, 1.165) is 16.7 Å². The van der Waals surface area contributed by atoms with Gasteiger partial charge in [-0.3, -0.25) is 9.79 Å². The van der Waals surface area contributed by atoms with Crippen LogP contribution in [-0.2, 0) is 9.79 Å². The maximum atomic E-state index is 12.0. The first kappa shape index (κ1) is 19.9. The molecule has 0 saturated heterocycles. The topological polar surface area (TPSA) is 75.7 Å². The van der Waals surface area contributed by atoms with Gasteiger partial charge in [0.1, 0.15) is 5.60 Å². The van der Waals surface area contributed by atoms with Gasteiger partial charge in [0.2, 0.25) is 5.91 Å². The third kappa shape index (κ3) is 4.17. The van der Waals surface area contributed by atoms with Crippen molar-refractivity contribution >= 4 is 23.7 Å². The highest BCUT2D eigenvalue weighted by atomic mass is 35.5. The Balaban J connectivity index is 2.03. The van der Waals surface area contributed by atoms with Crippen molar-refractivity contribution in [1.82, 2.24) is 0 Å².